The van der Waals surface area contributed by atoms with Gasteiger partial charge in [-0.1, -0.05) is 0 Å². The third kappa shape index (κ3) is 1.76. The molecule has 0 saturated carbocycles. The van der Waals surface area contributed by atoms with Crippen LogP contribution >= 0.6 is 0 Å². The zero-order valence-electron chi connectivity index (χ0n) is 9.37. The number of benzene rings is 2. The van der Waals surface area contributed by atoms with E-state index in [9.17, 15) is 8.63 Å². The van der Waals surface area contributed by atoms with Gasteiger partial charge in [0, 0.05) is 0 Å². The van der Waals surface area contributed by atoms with Crippen LogP contribution in [-0.4, -0.2) is 24.2 Å². The van der Waals surface area contributed by atoms with Gasteiger partial charge in [0.1, 0.15) is 0 Å². The van der Waals surface area contributed by atoms with Crippen molar-refractivity contribution in [1.82, 2.24) is 0 Å². The summed E-state index contributed by atoms with van der Waals surface area (Å²) in [5, 5.41) is 0. The molecule has 88 valence electrons. The summed E-state index contributed by atoms with van der Waals surface area (Å²) in [5.74, 6) is -0.230. The van der Waals surface area contributed by atoms with Gasteiger partial charge < -0.3 is 0 Å². The predicted octanol–water partition coefficient (Wildman–Crippen LogP) is 1.82. The zero-order valence-corrected chi connectivity index (χ0v) is 11.1. The van der Waals surface area contributed by atoms with Gasteiger partial charge in [-0.05, 0) is 0 Å². The zero-order chi connectivity index (χ0) is 12.5. The van der Waals surface area contributed by atoms with E-state index in [1.165, 1.54) is 0 Å². The molecule has 2 aromatic rings. The molecule has 2 aromatic carbocycles. The van der Waals surface area contributed by atoms with E-state index >= 15 is 0 Å². The summed E-state index contributed by atoms with van der Waals surface area (Å²) in [6.07, 6.45) is 0. The van der Waals surface area contributed by atoms with E-state index in [-0.39, 0.29) is 10.4 Å². The fourth-order valence-electron chi connectivity index (χ4n) is 1.81. The summed E-state index contributed by atoms with van der Waals surface area (Å²) in [6.45, 7) is 0. The van der Waals surface area contributed by atoms with Crippen LogP contribution in [0, 0.1) is 0 Å². The maximum absolute atomic E-state index is 12.3. The van der Waals surface area contributed by atoms with Crippen LogP contribution in [0.3, 0.4) is 0 Å². The number of rotatable bonds is 2. The molecular weight excluding hydrogens is 293 g/mol. The van der Waals surface area contributed by atoms with Gasteiger partial charge in [-0.2, -0.15) is 0 Å². The summed E-state index contributed by atoms with van der Waals surface area (Å²) in [4.78, 5) is 16.4. The van der Waals surface area contributed by atoms with Crippen LogP contribution in [0.25, 0.3) is 0 Å². The van der Waals surface area contributed by atoms with Crippen LogP contribution in [0.4, 0.5) is 5.69 Å². The average molecular weight is 302 g/mol. The molecule has 4 heteroatoms. The fourth-order valence-corrected chi connectivity index (χ4v) is 4.29. The second kappa shape index (κ2) is 4.41. The second-order valence-electron chi connectivity index (χ2n) is 3.85. The molecule has 1 aliphatic rings. The Morgan fingerprint density at radius 1 is 0.944 bits per heavy atom. The third-order valence-electron chi connectivity index (χ3n) is 2.69. The number of ketones is 1. The molecule has 0 N–H and O–H groups in total. The predicted molar refractivity (Wildman–Crippen MR) is 70.4 cm³/mol. The van der Waals surface area contributed by atoms with E-state index in [0.717, 1.165) is 0 Å². The van der Waals surface area contributed by atoms with Crippen molar-refractivity contribution < 1.29 is 8.63 Å². The second-order valence-corrected chi connectivity index (χ2v) is 6.71. The van der Waals surface area contributed by atoms with Crippen molar-refractivity contribution >= 4 is 34.4 Å². The fraction of sp³-hybridized carbons (Fsp3) is 0. The summed E-state index contributed by atoms with van der Waals surface area (Å²) in [6, 6.07) is 16.1. The molecule has 18 heavy (non-hydrogen) atoms. The molecule has 1 unspecified atom stereocenters. The van der Waals surface area contributed by atoms with Crippen molar-refractivity contribution in [2.75, 3.05) is 0 Å². The number of aliphatic imine (C=N–C) groups is 1. The molecule has 1 atom stereocenters. The number of hydrogen-bond acceptors (Lipinski definition) is 3. The van der Waals surface area contributed by atoms with Crippen molar-refractivity contribution in [1.29, 1.82) is 0 Å². The molecule has 1 aliphatic heterocycles. The van der Waals surface area contributed by atoms with Crippen molar-refractivity contribution in [3.63, 3.8) is 0 Å². The number of fused-ring (bicyclic) bond motifs is 1. The van der Waals surface area contributed by atoms with E-state index < -0.39 is 13.8 Å². The molecule has 0 amide bonds. The van der Waals surface area contributed by atoms with Gasteiger partial charge in [-0.25, -0.2) is 0 Å². The summed E-state index contributed by atoms with van der Waals surface area (Å²) in [5.41, 5.74) is 1.20. The molecule has 0 aromatic heterocycles. The first kappa shape index (κ1) is 11.2. The monoisotopic (exact) mass is 303 g/mol. The average Bonchev–Trinajstić information content (AvgIpc) is 2.77. The van der Waals surface area contributed by atoms with E-state index in [1.54, 1.807) is 36.4 Å². The van der Waals surface area contributed by atoms with Crippen molar-refractivity contribution in [2.24, 2.45) is 4.99 Å². The van der Waals surface area contributed by atoms with Crippen LogP contribution in [0.2, 0.25) is 0 Å². The topological polar surface area (TPSA) is 46.5 Å². The van der Waals surface area contributed by atoms with E-state index in [0.29, 0.717) is 15.7 Å². The molecular formula is C14H9NO2Se. The Balaban J connectivity index is 2.02. The molecule has 0 radical (unpaired) electrons. The van der Waals surface area contributed by atoms with Gasteiger partial charge in [0.2, 0.25) is 0 Å². The minimum absolute atomic E-state index is 0.211. The Hall–Kier alpha value is -1.90. The van der Waals surface area contributed by atoms with E-state index in [2.05, 4.69) is 4.99 Å². The van der Waals surface area contributed by atoms with E-state index in [1.807, 2.05) is 18.2 Å². The Morgan fingerprint density at radius 3 is 2.33 bits per heavy atom. The Morgan fingerprint density at radius 2 is 1.61 bits per heavy atom. The Labute approximate surface area is 108 Å². The van der Waals surface area contributed by atoms with Crippen molar-refractivity contribution in [3.8, 4) is 0 Å². The first-order chi connectivity index (χ1) is 8.77. The molecule has 1 heterocycles. The number of Topliss-reactive ketones (excluding diaryl/α,β-unsaturated/α-hetero) is 1. The quantitative estimate of drug-likeness (QED) is 0.627. The normalized spacial score (nSPS) is 17.1. The number of carbonyl (C=O) groups is 1. The Bertz CT molecular complexity index is 677. The maximum atomic E-state index is 12.3. The van der Waals surface area contributed by atoms with E-state index in [4.69, 9.17) is 0 Å². The molecule has 0 spiro atoms. The summed E-state index contributed by atoms with van der Waals surface area (Å²) >= 11 is -2.49. The first-order valence-corrected chi connectivity index (χ1v) is 7.88. The molecule has 0 aliphatic carbocycles. The Kier molecular flexibility index (Phi) is 2.74. The van der Waals surface area contributed by atoms with Crippen LogP contribution in [0.1, 0.15) is 10.4 Å². The molecule has 0 fully saturated rings. The minimum atomic E-state index is -2.49. The third-order valence-corrected chi connectivity index (χ3v) is 5.57. The number of para-hydroxylation sites is 1. The molecule has 0 bridgehead atoms. The summed E-state index contributed by atoms with van der Waals surface area (Å²) < 4.78 is 13.2. The van der Waals surface area contributed by atoms with Crippen molar-refractivity contribution in [2.45, 2.75) is 0 Å². The van der Waals surface area contributed by atoms with Gasteiger partial charge in [0.15, 0.2) is 0 Å². The number of nitrogens with zero attached hydrogens (tertiary/aromatic N) is 1. The molecule has 3 rings (SSSR count). The van der Waals surface area contributed by atoms with Gasteiger partial charge >= 0.3 is 108 Å². The number of carbonyl (C=O) groups excluding carboxylic acids is 1. The van der Waals surface area contributed by atoms with Crippen LogP contribution < -0.4 is 4.46 Å². The standard InChI is InChI=1S/C14H9NO2Se/c16-13(10-6-2-1-3-7-10)14-15-11-8-4-5-9-12(11)18(14)17/h1-9H. The first-order valence-electron chi connectivity index (χ1n) is 5.46. The number of hydrogen-bond donors (Lipinski definition) is 0. The van der Waals surface area contributed by atoms with Crippen LogP contribution in [-0.2, 0) is 3.83 Å². The van der Waals surface area contributed by atoms with Gasteiger partial charge in [-0.15, -0.1) is 0 Å². The van der Waals surface area contributed by atoms with Crippen LogP contribution in [0.15, 0.2) is 59.6 Å². The van der Waals surface area contributed by atoms with Gasteiger partial charge in [0.25, 0.3) is 0 Å². The van der Waals surface area contributed by atoms with Crippen LogP contribution in [0.5, 0.6) is 0 Å². The SMILES string of the molecule is O=C(C1=Nc2ccccc2[Se]1=O)c1ccccc1. The van der Waals surface area contributed by atoms with Gasteiger partial charge in [-0.3, -0.25) is 0 Å². The van der Waals surface area contributed by atoms with Crippen molar-refractivity contribution in [3.05, 3.63) is 60.2 Å². The van der Waals surface area contributed by atoms with Gasteiger partial charge in [0.05, 0.1) is 0 Å². The summed E-state index contributed by atoms with van der Waals surface area (Å²) in [7, 11) is 0. The molecule has 0 saturated heterocycles. The molecule has 3 nitrogen and oxygen atoms in total.